The molecule has 0 bridgehead atoms. The van der Waals surface area contributed by atoms with Crippen LogP contribution in [-0.2, 0) is 16.2 Å². The van der Waals surface area contributed by atoms with Gasteiger partial charge in [-0.15, -0.1) is 0 Å². The van der Waals surface area contributed by atoms with Gasteiger partial charge in [-0.05, 0) is 71.7 Å². The fourth-order valence-corrected chi connectivity index (χ4v) is 4.99. The van der Waals surface area contributed by atoms with Crippen LogP contribution in [0.5, 0.6) is 11.5 Å². The van der Waals surface area contributed by atoms with Gasteiger partial charge in [-0.25, -0.2) is 9.69 Å². The van der Waals surface area contributed by atoms with E-state index in [1.165, 1.54) is 0 Å². The van der Waals surface area contributed by atoms with Crippen molar-refractivity contribution >= 4 is 56.3 Å². The highest BCUT2D eigenvalue weighted by molar-refractivity contribution is 9.10. The number of urea groups is 1. The Morgan fingerprint density at radius 3 is 2.54 bits per heavy atom. The molecule has 0 radical (unpaired) electrons. The number of carbonyl (C=O) groups is 3. The molecule has 1 aliphatic heterocycles. The van der Waals surface area contributed by atoms with Crippen molar-refractivity contribution < 1.29 is 23.9 Å². The number of anilines is 1. The number of halogens is 1. The summed E-state index contributed by atoms with van der Waals surface area (Å²) in [5.74, 6) is -0.0534. The van der Waals surface area contributed by atoms with Crippen molar-refractivity contribution in [2.75, 3.05) is 18.5 Å². The van der Waals surface area contributed by atoms with Crippen molar-refractivity contribution in [1.29, 1.82) is 0 Å². The highest BCUT2D eigenvalue weighted by atomic mass is 79.9. The first-order chi connectivity index (χ1) is 19.8. The van der Waals surface area contributed by atoms with E-state index in [0.29, 0.717) is 40.4 Å². The normalized spacial score (nSPS) is 13.9. The van der Waals surface area contributed by atoms with Gasteiger partial charge in [0, 0.05) is 10.2 Å². The van der Waals surface area contributed by atoms with Gasteiger partial charge in [0.15, 0.2) is 11.5 Å². The van der Waals surface area contributed by atoms with Crippen molar-refractivity contribution in [2.45, 2.75) is 20.5 Å². The standard InChI is InChI=1S/C32H28BrN3O5/c1-3-40-28-16-23(26(33)17-29(28)41-19-22-11-7-10-21-9-4-5-13-25(21)22)15-27-31(38)36(32(39)35-27)18-30(37)34-24-12-6-8-20(2)14-24/h4-17H,3,18-19H2,1-2H3,(H,34,37)(H,35,39)/b27-15+. The highest BCUT2D eigenvalue weighted by Crippen LogP contribution is 2.36. The number of nitrogens with zero attached hydrogens (tertiary/aromatic N) is 1. The average molecular weight is 614 g/mol. The number of ether oxygens (including phenoxy) is 2. The lowest BCUT2D eigenvalue weighted by Gasteiger charge is -2.15. The van der Waals surface area contributed by atoms with E-state index >= 15 is 0 Å². The molecule has 4 aromatic carbocycles. The van der Waals surface area contributed by atoms with E-state index in [1.807, 2.05) is 50.2 Å². The summed E-state index contributed by atoms with van der Waals surface area (Å²) in [7, 11) is 0. The van der Waals surface area contributed by atoms with E-state index < -0.39 is 24.4 Å². The van der Waals surface area contributed by atoms with Gasteiger partial charge in [0.25, 0.3) is 5.91 Å². The minimum Gasteiger partial charge on any atom is -0.490 e. The molecule has 1 fully saturated rings. The monoisotopic (exact) mass is 613 g/mol. The summed E-state index contributed by atoms with van der Waals surface area (Å²) in [5.41, 5.74) is 3.25. The molecule has 0 spiro atoms. The molecule has 2 N–H and O–H groups in total. The number of nitrogens with one attached hydrogen (secondary N) is 2. The summed E-state index contributed by atoms with van der Waals surface area (Å²) in [6.45, 7) is 4.10. The van der Waals surface area contributed by atoms with Gasteiger partial charge in [0.05, 0.1) is 6.61 Å². The predicted molar refractivity (Wildman–Crippen MR) is 162 cm³/mol. The Labute approximate surface area is 246 Å². The van der Waals surface area contributed by atoms with Gasteiger partial charge in [-0.3, -0.25) is 9.59 Å². The number of benzene rings is 4. The van der Waals surface area contributed by atoms with Crippen LogP contribution in [0.25, 0.3) is 16.8 Å². The van der Waals surface area contributed by atoms with Gasteiger partial charge < -0.3 is 20.1 Å². The third-order valence-electron chi connectivity index (χ3n) is 6.49. The Morgan fingerprint density at radius 2 is 1.73 bits per heavy atom. The van der Waals surface area contributed by atoms with E-state index in [4.69, 9.17) is 9.47 Å². The van der Waals surface area contributed by atoms with Gasteiger partial charge in [-0.2, -0.15) is 0 Å². The summed E-state index contributed by atoms with van der Waals surface area (Å²) < 4.78 is 12.7. The van der Waals surface area contributed by atoms with Crippen molar-refractivity contribution in [2.24, 2.45) is 0 Å². The van der Waals surface area contributed by atoms with E-state index in [2.05, 4.69) is 44.8 Å². The molecule has 5 rings (SSSR count). The van der Waals surface area contributed by atoms with E-state index in [9.17, 15) is 14.4 Å². The molecule has 41 heavy (non-hydrogen) atoms. The zero-order valence-corrected chi connectivity index (χ0v) is 24.2. The first-order valence-corrected chi connectivity index (χ1v) is 13.9. The van der Waals surface area contributed by atoms with Crippen molar-refractivity contribution in [3.05, 3.63) is 106 Å². The molecular weight excluding hydrogens is 586 g/mol. The Morgan fingerprint density at radius 1 is 0.976 bits per heavy atom. The zero-order chi connectivity index (χ0) is 28.9. The Kier molecular flexibility index (Phi) is 8.35. The number of aryl methyl sites for hydroxylation is 1. The molecule has 8 nitrogen and oxygen atoms in total. The quantitative estimate of drug-likeness (QED) is 0.168. The summed E-state index contributed by atoms with van der Waals surface area (Å²) >= 11 is 3.56. The third kappa shape index (κ3) is 6.41. The second-order valence-electron chi connectivity index (χ2n) is 9.48. The molecule has 0 aromatic heterocycles. The largest absolute Gasteiger partial charge is 0.490 e. The second-order valence-corrected chi connectivity index (χ2v) is 10.3. The molecule has 208 valence electrons. The summed E-state index contributed by atoms with van der Waals surface area (Å²) in [6.07, 6.45) is 1.54. The lowest BCUT2D eigenvalue weighted by atomic mass is 10.1. The maximum absolute atomic E-state index is 13.0. The molecule has 1 aliphatic rings. The molecule has 0 saturated carbocycles. The Balaban J connectivity index is 1.32. The Hall–Kier alpha value is -4.63. The number of carbonyl (C=O) groups excluding carboxylic acids is 3. The van der Waals surface area contributed by atoms with Crippen molar-refractivity contribution in [3.8, 4) is 11.5 Å². The average Bonchev–Trinajstić information content (AvgIpc) is 3.21. The molecule has 0 unspecified atom stereocenters. The molecule has 1 heterocycles. The van der Waals surface area contributed by atoms with Crippen LogP contribution < -0.4 is 20.1 Å². The number of hydrogen-bond donors (Lipinski definition) is 2. The molecule has 1 saturated heterocycles. The molecule has 9 heteroatoms. The number of imide groups is 1. The zero-order valence-electron chi connectivity index (χ0n) is 22.6. The van der Waals surface area contributed by atoms with Crippen LogP contribution in [0.2, 0.25) is 0 Å². The molecule has 0 atom stereocenters. The number of amides is 4. The van der Waals surface area contributed by atoms with Crippen LogP contribution in [0, 0.1) is 6.92 Å². The molecule has 4 amide bonds. The minimum absolute atomic E-state index is 0.0472. The minimum atomic E-state index is -0.670. The second kappa shape index (κ2) is 12.3. The SMILES string of the molecule is CCOc1cc(/C=C2/NC(=O)N(CC(=O)Nc3cccc(C)c3)C2=O)c(Br)cc1OCc1cccc2ccccc12. The first-order valence-electron chi connectivity index (χ1n) is 13.1. The van der Waals surface area contributed by atoms with Crippen LogP contribution in [-0.4, -0.2) is 35.9 Å². The van der Waals surface area contributed by atoms with Crippen molar-refractivity contribution in [3.63, 3.8) is 0 Å². The van der Waals surface area contributed by atoms with Crippen LogP contribution in [0.4, 0.5) is 10.5 Å². The topological polar surface area (TPSA) is 97.0 Å². The highest BCUT2D eigenvalue weighted by Gasteiger charge is 2.35. The van der Waals surface area contributed by atoms with Gasteiger partial charge in [-0.1, -0.05) is 70.5 Å². The van der Waals surface area contributed by atoms with Crippen molar-refractivity contribution in [1.82, 2.24) is 10.2 Å². The van der Waals surface area contributed by atoms with Crippen LogP contribution >= 0.6 is 15.9 Å². The molecular formula is C32H28BrN3O5. The number of hydrogen-bond acceptors (Lipinski definition) is 5. The summed E-state index contributed by atoms with van der Waals surface area (Å²) in [4.78, 5) is 39.0. The van der Waals surface area contributed by atoms with Gasteiger partial charge >= 0.3 is 6.03 Å². The maximum atomic E-state index is 13.0. The summed E-state index contributed by atoms with van der Waals surface area (Å²) in [6, 6.07) is 24.3. The lowest BCUT2D eigenvalue weighted by Crippen LogP contribution is -2.38. The Bertz CT molecular complexity index is 1680. The number of fused-ring (bicyclic) bond motifs is 1. The van der Waals surface area contributed by atoms with Crippen LogP contribution in [0.3, 0.4) is 0 Å². The van der Waals surface area contributed by atoms with E-state index in [0.717, 1.165) is 26.8 Å². The maximum Gasteiger partial charge on any atom is 0.329 e. The summed E-state index contributed by atoms with van der Waals surface area (Å²) in [5, 5.41) is 7.52. The van der Waals surface area contributed by atoms with Crippen LogP contribution in [0.1, 0.15) is 23.6 Å². The van der Waals surface area contributed by atoms with E-state index in [1.54, 1.807) is 30.3 Å². The van der Waals surface area contributed by atoms with Gasteiger partial charge in [0.2, 0.25) is 5.91 Å². The fourth-order valence-electron chi connectivity index (χ4n) is 4.55. The smallest absolute Gasteiger partial charge is 0.329 e. The van der Waals surface area contributed by atoms with E-state index in [-0.39, 0.29) is 5.70 Å². The van der Waals surface area contributed by atoms with Gasteiger partial charge in [0.1, 0.15) is 18.8 Å². The lowest BCUT2D eigenvalue weighted by molar-refractivity contribution is -0.127. The molecule has 4 aromatic rings. The van der Waals surface area contributed by atoms with Crippen LogP contribution in [0.15, 0.2) is 89.0 Å². The number of rotatable bonds is 9. The predicted octanol–water partition coefficient (Wildman–Crippen LogP) is 6.42. The third-order valence-corrected chi connectivity index (χ3v) is 7.18. The molecule has 0 aliphatic carbocycles. The fraction of sp³-hybridized carbons (Fsp3) is 0.156. The first kappa shape index (κ1) is 27.9.